The van der Waals surface area contributed by atoms with E-state index in [1.165, 1.54) is 25.3 Å². The zero-order chi connectivity index (χ0) is 26.6. The Morgan fingerprint density at radius 3 is 2.24 bits per heavy atom. The number of rotatable bonds is 7. The molecule has 3 aromatic carbocycles. The van der Waals surface area contributed by atoms with Gasteiger partial charge in [-0.15, -0.1) is 0 Å². The number of sulfonamides is 1. The molecule has 1 heterocycles. The van der Waals surface area contributed by atoms with E-state index in [4.69, 9.17) is 16.3 Å². The summed E-state index contributed by atoms with van der Waals surface area (Å²) in [5, 5.41) is 0.272. The standard InChI is InChI=1S/C27H26BrClN2O5S/c1-36-26(33)27(20-10-12-21(28)13-11-20)14-16-31(17-15-27)25(32)24(19-6-3-2-4-7-19)30-37(34,35)23-9-5-8-22(29)18-23/h2-13,18,24,30H,14-17H2,1H3. The molecule has 1 amide bonds. The van der Waals surface area contributed by atoms with Crippen molar-refractivity contribution in [2.45, 2.75) is 29.2 Å². The highest BCUT2D eigenvalue weighted by atomic mass is 79.9. The molecular formula is C27H26BrClN2O5S. The van der Waals surface area contributed by atoms with E-state index in [2.05, 4.69) is 20.7 Å². The molecule has 1 aliphatic rings. The van der Waals surface area contributed by atoms with Crippen LogP contribution >= 0.6 is 27.5 Å². The fourth-order valence-electron chi connectivity index (χ4n) is 4.63. The first-order chi connectivity index (χ1) is 17.7. The fraction of sp³-hybridized carbons (Fsp3) is 0.259. The lowest BCUT2D eigenvalue weighted by atomic mass is 9.72. The van der Waals surface area contributed by atoms with Gasteiger partial charge in [0.05, 0.1) is 17.4 Å². The lowest BCUT2D eigenvalue weighted by Gasteiger charge is -2.41. The molecule has 1 fully saturated rings. The van der Waals surface area contributed by atoms with E-state index in [9.17, 15) is 18.0 Å². The van der Waals surface area contributed by atoms with Crippen molar-refractivity contribution in [2.75, 3.05) is 20.2 Å². The molecule has 0 bridgehead atoms. The molecular weight excluding hydrogens is 580 g/mol. The second-order valence-electron chi connectivity index (χ2n) is 8.83. The summed E-state index contributed by atoms with van der Waals surface area (Å²) in [7, 11) is -2.70. The molecule has 1 atom stereocenters. The molecule has 37 heavy (non-hydrogen) atoms. The second kappa shape index (κ2) is 11.3. The second-order valence-corrected chi connectivity index (χ2v) is 11.9. The fourth-order valence-corrected chi connectivity index (χ4v) is 6.37. The largest absolute Gasteiger partial charge is 0.468 e. The maximum atomic E-state index is 13.8. The van der Waals surface area contributed by atoms with Crippen LogP contribution in [0.4, 0.5) is 0 Å². The highest BCUT2D eigenvalue weighted by Gasteiger charge is 2.45. The molecule has 0 aliphatic carbocycles. The number of amides is 1. The highest BCUT2D eigenvalue weighted by molar-refractivity contribution is 9.10. The smallest absolute Gasteiger partial charge is 0.316 e. The number of likely N-dealkylation sites (tertiary alicyclic amines) is 1. The number of nitrogens with one attached hydrogen (secondary N) is 1. The lowest BCUT2D eigenvalue weighted by Crippen LogP contribution is -2.52. The average Bonchev–Trinajstić information content (AvgIpc) is 2.92. The molecule has 10 heteroatoms. The Labute approximate surface area is 230 Å². The Hall–Kier alpha value is -2.72. The minimum absolute atomic E-state index is 0.0349. The van der Waals surface area contributed by atoms with Crippen LogP contribution in [0, 0.1) is 0 Å². The van der Waals surface area contributed by atoms with Crippen LogP contribution in [0.1, 0.15) is 30.0 Å². The average molecular weight is 606 g/mol. The Bertz CT molecular complexity index is 1380. The number of benzene rings is 3. The Morgan fingerprint density at radius 1 is 1.00 bits per heavy atom. The topological polar surface area (TPSA) is 92.8 Å². The maximum absolute atomic E-state index is 13.8. The summed E-state index contributed by atoms with van der Waals surface area (Å²) >= 11 is 9.42. The third-order valence-electron chi connectivity index (χ3n) is 6.66. The summed E-state index contributed by atoms with van der Waals surface area (Å²) in [6.07, 6.45) is 0.686. The first kappa shape index (κ1) is 27.3. The van der Waals surface area contributed by atoms with Crippen molar-refractivity contribution >= 4 is 49.4 Å². The summed E-state index contributed by atoms with van der Waals surface area (Å²) in [5.74, 6) is -0.755. The number of carbonyl (C=O) groups is 2. The number of esters is 1. The first-order valence-electron chi connectivity index (χ1n) is 11.6. The summed E-state index contributed by atoms with van der Waals surface area (Å²) in [4.78, 5) is 28.3. The molecule has 1 unspecified atom stereocenters. The van der Waals surface area contributed by atoms with Crippen molar-refractivity contribution in [3.8, 4) is 0 Å². The molecule has 1 N–H and O–H groups in total. The van der Waals surface area contributed by atoms with E-state index in [0.29, 0.717) is 18.4 Å². The van der Waals surface area contributed by atoms with Crippen LogP contribution < -0.4 is 4.72 Å². The van der Waals surface area contributed by atoms with Crippen molar-refractivity contribution in [1.29, 1.82) is 0 Å². The third-order valence-corrected chi connectivity index (χ3v) is 8.85. The SMILES string of the molecule is COC(=O)C1(c2ccc(Br)cc2)CCN(C(=O)C(NS(=O)(=O)c2cccc(Cl)c2)c2ccccc2)CC1. The molecule has 1 saturated heterocycles. The minimum Gasteiger partial charge on any atom is -0.468 e. The van der Waals surface area contributed by atoms with E-state index >= 15 is 0 Å². The number of piperidine rings is 1. The van der Waals surface area contributed by atoms with Crippen LogP contribution in [0.25, 0.3) is 0 Å². The zero-order valence-electron chi connectivity index (χ0n) is 20.1. The van der Waals surface area contributed by atoms with Gasteiger partial charge in [-0.1, -0.05) is 76.1 Å². The van der Waals surface area contributed by atoms with Crippen LogP contribution in [0.2, 0.25) is 5.02 Å². The molecule has 0 saturated carbocycles. The van der Waals surface area contributed by atoms with Gasteiger partial charge in [-0.25, -0.2) is 8.42 Å². The van der Waals surface area contributed by atoms with Gasteiger partial charge in [-0.2, -0.15) is 4.72 Å². The van der Waals surface area contributed by atoms with Gasteiger partial charge >= 0.3 is 5.97 Å². The predicted octanol–water partition coefficient (Wildman–Crippen LogP) is 4.86. The van der Waals surface area contributed by atoms with Gasteiger partial charge in [0.2, 0.25) is 15.9 Å². The van der Waals surface area contributed by atoms with Gasteiger partial charge < -0.3 is 9.64 Å². The normalized spacial score (nSPS) is 16.1. The molecule has 194 valence electrons. The monoisotopic (exact) mass is 604 g/mol. The molecule has 1 aliphatic heterocycles. The predicted molar refractivity (Wildman–Crippen MR) is 145 cm³/mol. The van der Waals surface area contributed by atoms with Crippen LogP contribution in [-0.4, -0.2) is 45.4 Å². The van der Waals surface area contributed by atoms with E-state index in [1.807, 2.05) is 24.3 Å². The molecule has 7 nitrogen and oxygen atoms in total. The number of nitrogens with zero attached hydrogens (tertiary/aromatic N) is 1. The number of methoxy groups -OCH3 is 1. The van der Waals surface area contributed by atoms with Crippen molar-refractivity contribution < 1.29 is 22.7 Å². The van der Waals surface area contributed by atoms with Crippen LogP contribution in [0.3, 0.4) is 0 Å². The van der Waals surface area contributed by atoms with E-state index < -0.39 is 27.4 Å². The lowest BCUT2D eigenvalue weighted by molar-refractivity contribution is -0.151. The van der Waals surface area contributed by atoms with Gasteiger partial charge in [0, 0.05) is 22.6 Å². The molecule has 0 aromatic heterocycles. The van der Waals surface area contributed by atoms with Gasteiger partial charge in [0.25, 0.3) is 0 Å². The Kier molecular flexibility index (Phi) is 8.38. The van der Waals surface area contributed by atoms with Gasteiger partial charge in [0.15, 0.2) is 0 Å². The van der Waals surface area contributed by atoms with Crippen molar-refractivity contribution in [3.05, 3.63) is 99.5 Å². The third kappa shape index (κ3) is 5.90. The number of halogens is 2. The Balaban J connectivity index is 1.61. The first-order valence-corrected chi connectivity index (χ1v) is 14.3. The summed E-state index contributed by atoms with van der Waals surface area (Å²) in [6, 6.07) is 20.9. The summed E-state index contributed by atoms with van der Waals surface area (Å²) in [6.45, 7) is 0.512. The van der Waals surface area contributed by atoms with Crippen molar-refractivity contribution in [3.63, 3.8) is 0 Å². The van der Waals surface area contributed by atoms with Crippen LogP contribution in [0.5, 0.6) is 0 Å². The molecule has 4 rings (SSSR count). The summed E-state index contributed by atoms with van der Waals surface area (Å²) in [5.41, 5.74) is 0.432. The Morgan fingerprint density at radius 2 is 1.65 bits per heavy atom. The zero-order valence-corrected chi connectivity index (χ0v) is 23.2. The molecule has 0 spiro atoms. The number of hydrogen-bond donors (Lipinski definition) is 1. The number of hydrogen-bond acceptors (Lipinski definition) is 5. The van der Waals surface area contributed by atoms with Gasteiger partial charge in [0.1, 0.15) is 6.04 Å². The van der Waals surface area contributed by atoms with Crippen LogP contribution in [-0.2, 0) is 29.8 Å². The molecule has 3 aromatic rings. The number of ether oxygens (including phenoxy) is 1. The van der Waals surface area contributed by atoms with Gasteiger partial charge in [-0.05, 0) is 54.3 Å². The van der Waals surface area contributed by atoms with Crippen molar-refractivity contribution in [2.24, 2.45) is 0 Å². The maximum Gasteiger partial charge on any atom is 0.316 e. The van der Waals surface area contributed by atoms with E-state index in [0.717, 1.165) is 10.0 Å². The minimum atomic E-state index is -4.06. The van der Waals surface area contributed by atoms with Crippen LogP contribution in [0.15, 0.2) is 88.2 Å². The van der Waals surface area contributed by atoms with E-state index in [1.54, 1.807) is 41.3 Å². The number of carbonyl (C=O) groups excluding carboxylic acids is 2. The van der Waals surface area contributed by atoms with Crippen molar-refractivity contribution in [1.82, 2.24) is 9.62 Å². The summed E-state index contributed by atoms with van der Waals surface area (Å²) < 4.78 is 35.0. The van der Waals surface area contributed by atoms with Gasteiger partial charge in [-0.3, -0.25) is 9.59 Å². The highest BCUT2D eigenvalue weighted by Crippen LogP contribution is 2.38. The quantitative estimate of drug-likeness (QED) is 0.389. The van der Waals surface area contributed by atoms with E-state index in [-0.39, 0.29) is 29.0 Å². The molecule has 0 radical (unpaired) electrons.